The fourth-order valence-corrected chi connectivity index (χ4v) is 6.01. The summed E-state index contributed by atoms with van der Waals surface area (Å²) in [5.41, 5.74) is 13.1. The highest BCUT2D eigenvalue weighted by Gasteiger charge is 2.33. The van der Waals surface area contributed by atoms with E-state index in [1.165, 1.54) is 12.8 Å². The lowest BCUT2D eigenvalue weighted by Gasteiger charge is -2.26. The Bertz CT molecular complexity index is 1620. The Morgan fingerprint density at radius 1 is 0.886 bits per heavy atom. The van der Waals surface area contributed by atoms with Crippen LogP contribution in [0.3, 0.4) is 0 Å². The van der Waals surface area contributed by atoms with Crippen LogP contribution in [0.5, 0.6) is 0 Å². The summed E-state index contributed by atoms with van der Waals surface area (Å²) in [4.78, 5) is 30.9. The first-order valence-corrected chi connectivity index (χ1v) is 15.8. The maximum Gasteiger partial charge on any atom is 0.277 e. The van der Waals surface area contributed by atoms with Gasteiger partial charge in [-0.25, -0.2) is 0 Å². The van der Waals surface area contributed by atoms with Gasteiger partial charge in [0.2, 0.25) is 5.91 Å². The summed E-state index contributed by atoms with van der Waals surface area (Å²) in [6.07, 6.45) is 6.63. The van der Waals surface area contributed by atoms with Crippen molar-refractivity contribution in [2.75, 3.05) is 23.3 Å². The number of hydrogen-bond donors (Lipinski definition) is 2. The van der Waals surface area contributed by atoms with Gasteiger partial charge in [0.1, 0.15) is 5.76 Å². The number of carbonyl (C=O) groups is 2. The first-order valence-electron chi connectivity index (χ1n) is 15.8. The molecule has 1 aliphatic heterocycles. The van der Waals surface area contributed by atoms with Crippen molar-refractivity contribution < 1.29 is 14.1 Å². The largest absolute Gasteiger partial charge is 0.370 e. The number of hydrogen-bond acceptors (Lipinski definition) is 6. The van der Waals surface area contributed by atoms with Crippen LogP contribution in [0.4, 0.5) is 11.4 Å². The number of nitrogens with zero attached hydrogens (tertiary/aromatic N) is 3. The van der Waals surface area contributed by atoms with E-state index in [1.807, 2.05) is 23.1 Å². The predicted octanol–water partition coefficient (Wildman–Crippen LogP) is 6.68. The summed E-state index contributed by atoms with van der Waals surface area (Å²) in [5.74, 6) is 0.636. The summed E-state index contributed by atoms with van der Waals surface area (Å²) < 4.78 is 5.15. The van der Waals surface area contributed by atoms with Crippen LogP contribution >= 0.6 is 0 Å². The number of rotatable bonds is 10. The third-order valence-electron chi connectivity index (χ3n) is 8.52. The number of nitrogens with two attached hydrogens (primary N) is 1. The maximum absolute atomic E-state index is 13.3. The monoisotopic (exact) mass is 591 g/mol. The number of anilines is 2. The fourth-order valence-electron chi connectivity index (χ4n) is 6.01. The standard InChI is InChI=1S/C36H41N5O3/c1-25-18-33(39-44-25)35(42)38-32-21-31(14-15-34(32)40-16-4-2-3-5-17-40)30-11-7-10-28(20-30)24-41(36(43)29-12-13-29)23-27-9-6-8-26(19-27)22-37/h6-11,14-15,18-21,29H,2-5,12-13,16-17,22-24,37H2,1H3,(H,38,42). The molecule has 228 valence electrons. The molecule has 8 nitrogen and oxygen atoms in total. The van der Waals surface area contributed by atoms with Crippen molar-refractivity contribution in [2.24, 2.45) is 11.7 Å². The predicted molar refractivity (Wildman–Crippen MR) is 173 cm³/mol. The quantitative estimate of drug-likeness (QED) is 0.213. The molecule has 2 aliphatic rings. The highest BCUT2D eigenvalue weighted by Crippen LogP contribution is 2.35. The van der Waals surface area contributed by atoms with Crippen molar-refractivity contribution in [3.8, 4) is 11.1 Å². The van der Waals surface area contributed by atoms with Crippen molar-refractivity contribution in [3.05, 3.63) is 101 Å². The van der Waals surface area contributed by atoms with Crippen LogP contribution in [0, 0.1) is 12.8 Å². The Balaban J connectivity index is 1.28. The normalized spacial score (nSPS) is 15.1. The zero-order valence-electron chi connectivity index (χ0n) is 25.4. The van der Waals surface area contributed by atoms with E-state index in [4.69, 9.17) is 10.3 Å². The minimum Gasteiger partial charge on any atom is -0.370 e. The first-order chi connectivity index (χ1) is 21.5. The summed E-state index contributed by atoms with van der Waals surface area (Å²) in [7, 11) is 0. The van der Waals surface area contributed by atoms with Gasteiger partial charge in [0, 0.05) is 44.7 Å². The third kappa shape index (κ3) is 7.19. The molecule has 1 saturated heterocycles. The zero-order chi connectivity index (χ0) is 30.5. The van der Waals surface area contributed by atoms with E-state index < -0.39 is 0 Å². The van der Waals surface area contributed by atoms with Gasteiger partial charge < -0.3 is 25.4 Å². The van der Waals surface area contributed by atoms with Gasteiger partial charge in [-0.2, -0.15) is 0 Å². The molecule has 2 heterocycles. The second-order valence-corrected chi connectivity index (χ2v) is 12.1. The number of nitrogens with one attached hydrogen (secondary N) is 1. The third-order valence-corrected chi connectivity index (χ3v) is 8.52. The molecule has 4 aromatic rings. The molecule has 44 heavy (non-hydrogen) atoms. The van der Waals surface area contributed by atoms with Crippen molar-refractivity contribution >= 4 is 23.2 Å². The molecular weight excluding hydrogens is 550 g/mol. The van der Waals surface area contributed by atoms with Gasteiger partial charge in [-0.15, -0.1) is 0 Å². The Morgan fingerprint density at radius 2 is 1.57 bits per heavy atom. The van der Waals surface area contributed by atoms with E-state index in [0.29, 0.717) is 25.4 Å². The summed E-state index contributed by atoms with van der Waals surface area (Å²) in [6, 6.07) is 24.5. The molecule has 8 heteroatoms. The smallest absolute Gasteiger partial charge is 0.277 e. The summed E-state index contributed by atoms with van der Waals surface area (Å²) in [6.45, 7) is 5.24. The number of amides is 2. The van der Waals surface area contributed by atoms with Gasteiger partial charge >= 0.3 is 0 Å². The maximum atomic E-state index is 13.3. The SMILES string of the molecule is Cc1cc(C(=O)Nc2cc(-c3cccc(CN(Cc4cccc(CN)c4)C(=O)C4CC4)c3)ccc2N2CCCCCC2)no1. The summed E-state index contributed by atoms with van der Waals surface area (Å²) >= 11 is 0. The second kappa shape index (κ2) is 13.5. The Morgan fingerprint density at radius 3 is 2.25 bits per heavy atom. The van der Waals surface area contributed by atoms with Crippen LogP contribution in [-0.4, -0.2) is 35.0 Å². The number of carbonyl (C=O) groups excluding carboxylic acids is 2. The molecule has 0 bridgehead atoms. The lowest BCUT2D eigenvalue weighted by atomic mass is 10.0. The van der Waals surface area contributed by atoms with Crippen molar-refractivity contribution in [3.63, 3.8) is 0 Å². The van der Waals surface area contributed by atoms with E-state index in [-0.39, 0.29) is 23.4 Å². The minimum absolute atomic E-state index is 0.127. The molecule has 3 aromatic carbocycles. The number of aromatic nitrogens is 1. The average Bonchev–Trinajstić information content (AvgIpc) is 3.85. The van der Waals surface area contributed by atoms with Crippen molar-refractivity contribution in [1.29, 1.82) is 0 Å². The van der Waals surface area contributed by atoms with Crippen LogP contribution < -0.4 is 16.0 Å². The van der Waals surface area contributed by atoms with E-state index in [1.54, 1.807) is 13.0 Å². The van der Waals surface area contributed by atoms with Gasteiger partial charge in [-0.05, 0) is 78.6 Å². The lowest BCUT2D eigenvalue weighted by Crippen LogP contribution is -2.31. The zero-order valence-corrected chi connectivity index (χ0v) is 25.4. The van der Waals surface area contributed by atoms with Gasteiger partial charge in [0.25, 0.3) is 5.91 Å². The van der Waals surface area contributed by atoms with Crippen LogP contribution in [0.15, 0.2) is 77.3 Å². The van der Waals surface area contributed by atoms with Crippen LogP contribution in [-0.2, 0) is 24.4 Å². The molecular formula is C36H41N5O3. The molecule has 0 unspecified atom stereocenters. The van der Waals surface area contributed by atoms with Gasteiger partial charge in [0.15, 0.2) is 5.69 Å². The van der Waals surface area contributed by atoms with E-state index in [0.717, 1.165) is 78.0 Å². The highest BCUT2D eigenvalue weighted by atomic mass is 16.5. The van der Waals surface area contributed by atoms with Gasteiger partial charge in [0.05, 0.1) is 11.4 Å². The Kier molecular flexibility index (Phi) is 9.07. The van der Waals surface area contributed by atoms with E-state index in [2.05, 4.69) is 63.9 Å². The average molecular weight is 592 g/mol. The van der Waals surface area contributed by atoms with Gasteiger partial charge in [-0.3, -0.25) is 9.59 Å². The molecule has 6 rings (SSSR count). The highest BCUT2D eigenvalue weighted by molar-refractivity contribution is 6.05. The molecule has 0 spiro atoms. The van der Waals surface area contributed by atoms with E-state index in [9.17, 15) is 9.59 Å². The molecule has 1 aromatic heterocycles. The molecule has 1 aliphatic carbocycles. The van der Waals surface area contributed by atoms with Crippen molar-refractivity contribution in [2.45, 2.75) is 65.1 Å². The minimum atomic E-state index is -0.295. The number of aryl methyl sites for hydroxylation is 1. The lowest BCUT2D eigenvalue weighted by molar-refractivity contribution is -0.133. The Labute approximate surface area is 259 Å². The van der Waals surface area contributed by atoms with Crippen molar-refractivity contribution in [1.82, 2.24) is 10.1 Å². The molecule has 0 atom stereocenters. The number of benzene rings is 3. The van der Waals surface area contributed by atoms with Crippen LogP contribution in [0.25, 0.3) is 11.1 Å². The first kappa shape index (κ1) is 29.6. The molecule has 2 amide bonds. The molecule has 1 saturated carbocycles. The summed E-state index contributed by atoms with van der Waals surface area (Å²) in [5, 5.41) is 7.04. The molecule has 0 radical (unpaired) electrons. The topological polar surface area (TPSA) is 105 Å². The molecule has 2 fully saturated rings. The van der Waals surface area contributed by atoms with Crippen LogP contribution in [0.1, 0.15) is 71.5 Å². The Hall–Kier alpha value is -4.43. The van der Waals surface area contributed by atoms with Crippen LogP contribution in [0.2, 0.25) is 0 Å². The fraction of sp³-hybridized carbons (Fsp3) is 0.361. The van der Waals surface area contributed by atoms with E-state index >= 15 is 0 Å². The molecule has 3 N–H and O–H groups in total. The van der Waals surface area contributed by atoms with Gasteiger partial charge in [-0.1, -0.05) is 66.5 Å². The second-order valence-electron chi connectivity index (χ2n) is 12.1.